The number of carbonyl (C=O) groups excluding carboxylic acids is 2. The summed E-state index contributed by atoms with van der Waals surface area (Å²) in [5.41, 5.74) is 3.09. The van der Waals surface area contributed by atoms with Gasteiger partial charge in [-0.3, -0.25) is 9.59 Å². The fourth-order valence-electron chi connectivity index (χ4n) is 3.49. The van der Waals surface area contributed by atoms with E-state index in [0.717, 1.165) is 36.9 Å². The van der Waals surface area contributed by atoms with Crippen LogP contribution in [0.2, 0.25) is 0 Å². The first-order valence-corrected chi connectivity index (χ1v) is 9.49. The van der Waals surface area contributed by atoms with Gasteiger partial charge in [0, 0.05) is 37.9 Å². The molecular formula is C22H27N3O2. The molecule has 27 heavy (non-hydrogen) atoms. The monoisotopic (exact) mass is 365 g/mol. The van der Waals surface area contributed by atoms with Crippen LogP contribution in [0.1, 0.15) is 41.6 Å². The average molecular weight is 365 g/mol. The molecule has 0 aromatic heterocycles. The number of nitrogens with zero attached hydrogens (tertiary/aromatic N) is 1. The molecule has 3 rings (SSSR count). The molecule has 2 N–H and O–H groups in total. The molecule has 2 amide bonds. The van der Waals surface area contributed by atoms with Crippen LogP contribution in [0.5, 0.6) is 0 Å². The summed E-state index contributed by atoms with van der Waals surface area (Å²) in [4.78, 5) is 27.1. The number of anilines is 2. The molecule has 1 saturated carbocycles. The Morgan fingerprint density at radius 3 is 2.41 bits per heavy atom. The fourth-order valence-corrected chi connectivity index (χ4v) is 3.49. The van der Waals surface area contributed by atoms with Crippen LogP contribution in [0.15, 0.2) is 48.5 Å². The lowest BCUT2D eigenvalue weighted by molar-refractivity contribution is -0.119. The Kier molecular flexibility index (Phi) is 6.12. The molecule has 0 radical (unpaired) electrons. The van der Waals surface area contributed by atoms with Gasteiger partial charge in [0.2, 0.25) is 5.91 Å². The molecule has 0 saturated heterocycles. The van der Waals surface area contributed by atoms with E-state index in [1.54, 1.807) is 6.07 Å². The van der Waals surface area contributed by atoms with Gasteiger partial charge in [0.1, 0.15) is 0 Å². The predicted molar refractivity (Wildman–Crippen MR) is 109 cm³/mol. The summed E-state index contributed by atoms with van der Waals surface area (Å²) < 4.78 is 0. The summed E-state index contributed by atoms with van der Waals surface area (Å²) in [5.74, 6) is -0.00542. The quantitative estimate of drug-likeness (QED) is 0.818. The van der Waals surface area contributed by atoms with Gasteiger partial charge in [-0.15, -0.1) is 0 Å². The minimum absolute atomic E-state index is 0.0562. The Morgan fingerprint density at radius 2 is 1.74 bits per heavy atom. The number of benzene rings is 2. The lowest BCUT2D eigenvalue weighted by Crippen LogP contribution is -2.26. The number of hydrogen-bond acceptors (Lipinski definition) is 3. The highest BCUT2D eigenvalue weighted by atomic mass is 16.2. The van der Waals surface area contributed by atoms with Crippen molar-refractivity contribution in [1.82, 2.24) is 5.32 Å². The molecule has 5 heteroatoms. The van der Waals surface area contributed by atoms with Gasteiger partial charge in [0.25, 0.3) is 5.91 Å². The molecule has 5 nitrogen and oxygen atoms in total. The normalized spacial score (nSPS) is 14.0. The Morgan fingerprint density at radius 1 is 1.04 bits per heavy atom. The topological polar surface area (TPSA) is 61.4 Å². The van der Waals surface area contributed by atoms with E-state index < -0.39 is 0 Å². The van der Waals surface area contributed by atoms with Crippen LogP contribution in [-0.2, 0) is 11.3 Å². The number of rotatable bonds is 6. The summed E-state index contributed by atoms with van der Waals surface area (Å²) >= 11 is 0. The van der Waals surface area contributed by atoms with Crippen LogP contribution in [0.4, 0.5) is 11.4 Å². The van der Waals surface area contributed by atoms with Gasteiger partial charge in [-0.1, -0.05) is 43.2 Å². The van der Waals surface area contributed by atoms with E-state index in [0.29, 0.717) is 17.8 Å². The zero-order valence-electron chi connectivity index (χ0n) is 16.0. The molecule has 2 aromatic carbocycles. The smallest absolute Gasteiger partial charge is 0.253 e. The molecule has 0 spiro atoms. The summed E-state index contributed by atoms with van der Waals surface area (Å²) in [5, 5.41) is 5.95. The van der Waals surface area contributed by atoms with Crippen molar-refractivity contribution in [2.75, 3.05) is 24.3 Å². The van der Waals surface area contributed by atoms with E-state index in [1.807, 2.05) is 61.5 Å². The van der Waals surface area contributed by atoms with Crippen LogP contribution < -0.4 is 15.5 Å². The minimum Gasteiger partial charge on any atom is -0.377 e. The van der Waals surface area contributed by atoms with Gasteiger partial charge in [0.05, 0.1) is 5.56 Å². The maximum absolute atomic E-state index is 12.8. The maximum atomic E-state index is 12.8. The zero-order valence-corrected chi connectivity index (χ0v) is 16.0. The molecule has 1 fully saturated rings. The zero-order chi connectivity index (χ0) is 19.2. The number of carbonyl (C=O) groups is 2. The van der Waals surface area contributed by atoms with E-state index >= 15 is 0 Å². The highest BCUT2D eigenvalue weighted by Crippen LogP contribution is 2.27. The van der Waals surface area contributed by atoms with Crippen molar-refractivity contribution in [2.24, 2.45) is 5.92 Å². The molecule has 0 heterocycles. The largest absolute Gasteiger partial charge is 0.377 e. The lowest BCUT2D eigenvalue weighted by atomic mass is 10.1. The van der Waals surface area contributed by atoms with Crippen LogP contribution in [0, 0.1) is 5.92 Å². The third-order valence-corrected chi connectivity index (χ3v) is 5.01. The summed E-state index contributed by atoms with van der Waals surface area (Å²) in [6.45, 7) is 0.463. The van der Waals surface area contributed by atoms with Crippen LogP contribution in [-0.4, -0.2) is 25.9 Å². The minimum atomic E-state index is -0.153. The molecule has 0 atom stereocenters. The molecule has 142 valence electrons. The molecule has 0 bridgehead atoms. The summed E-state index contributed by atoms with van der Waals surface area (Å²) in [7, 11) is 3.81. The van der Waals surface area contributed by atoms with Gasteiger partial charge >= 0.3 is 0 Å². The molecule has 0 aliphatic heterocycles. The Bertz CT molecular complexity index is 796. The van der Waals surface area contributed by atoms with Crippen molar-refractivity contribution in [3.05, 3.63) is 59.7 Å². The second-order valence-corrected chi connectivity index (χ2v) is 7.27. The third-order valence-electron chi connectivity index (χ3n) is 5.01. The Balaban J connectivity index is 1.74. The van der Waals surface area contributed by atoms with Crippen LogP contribution in [0.3, 0.4) is 0 Å². The first kappa shape index (κ1) is 19.0. The standard InChI is InChI=1S/C22H27N3O2/c1-25(2)20-13-12-18(24-21(26)17-10-6-7-11-17)14-19(20)22(27)23-15-16-8-4-3-5-9-16/h3-5,8-9,12-14,17H,6-7,10-11,15H2,1-2H3,(H,23,27)(H,24,26). The predicted octanol–water partition coefficient (Wildman–Crippen LogP) is 3.81. The lowest BCUT2D eigenvalue weighted by Gasteiger charge is -2.19. The highest BCUT2D eigenvalue weighted by molar-refractivity contribution is 6.02. The van der Waals surface area contributed by atoms with E-state index in [2.05, 4.69) is 10.6 Å². The van der Waals surface area contributed by atoms with E-state index in [1.165, 1.54) is 0 Å². The molecule has 1 aliphatic carbocycles. The molecular weight excluding hydrogens is 338 g/mol. The summed E-state index contributed by atoms with van der Waals surface area (Å²) in [6, 6.07) is 15.3. The van der Waals surface area contributed by atoms with Crippen LogP contribution >= 0.6 is 0 Å². The highest BCUT2D eigenvalue weighted by Gasteiger charge is 2.23. The first-order valence-electron chi connectivity index (χ1n) is 9.49. The Labute approximate surface area is 160 Å². The SMILES string of the molecule is CN(C)c1ccc(NC(=O)C2CCCC2)cc1C(=O)NCc1ccccc1. The maximum Gasteiger partial charge on any atom is 0.253 e. The number of amides is 2. The summed E-state index contributed by atoms with van der Waals surface area (Å²) in [6.07, 6.45) is 4.13. The first-order chi connectivity index (χ1) is 13.0. The van der Waals surface area contributed by atoms with Crippen molar-refractivity contribution < 1.29 is 9.59 Å². The average Bonchev–Trinajstić information content (AvgIpc) is 3.21. The molecule has 2 aromatic rings. The van der Waals surface area contributed by atoms with Gasteiger partial charge in [0.15, 0.2) is 0 Å². The molecule has 1 aliphatic rings. The second kappa shape index (κ2) is 8.71. The van der Waals surface area contributed by atoms with Gasteiger partial charge in [-0.05, 0) is 36.6 Å². The second-order valence-electron chi connectivity index (χ2n) is 7.27. The van der Waals surface area contributed by atoms with Gasteiger partial charge in [-0.25, -0.2) is 0 Å². The van der Waals surface area contributed by atoms with Crippen molar-refractivity contribution in [3.63, 3.8) is 0 Å². The van der Waals surface area contributed by atoms with E-state index in [4.69, 9.17) is 0 Å². The fraction of sp³-hybridized carbons (Fsp3) is 0.364. The van der Waals surface area contributed by atoms with Crippen molar-refractivity contribution in [3.8, 4) is 0 Å². The van der Waals surface area contributed by atoms with Crippen molar-refractivity contribution >= 4 is 23.2 Å². The third kappa shape index (κ3) is 4.88. The number of nitrogens with one attached hydrogen (secondary N) is 2. The van der Waals surface area contributed by atoms with E-state index in [-0.39, 0.29) is 17.7 Å². The Hall–Kier alpha value is -2.82. The van der Waals surface area contributed by atoms with Crippen molar-refractivity contribution in [2.45, 2.75) is 32.2 Å². The number of hydrogen-bond donors (Lipinski definition) is 2. The van der Waals surface area contributed by atoms with Crippen LogP contribution in [0.25, 0.3) is 0 Å². The van der Waals surface area contributed by atoms with Gasteiger partial charge in [-0.2, -0.15) is 0 Å². The molecule has 0 unspecified atom stereocenters. The van der Waals surface area contributed by atoms with Crippen molar-refractivity contribution in [1.29, 1.82) is 0 Å². The van der Waals surface area contributed by atoms with Gasteiger partial charge < -0.3 is 15.5 Å². The van der Waals surface area contributed by atoms with E-state index in [9.17, 15) is 9.59 Å².